The third-order valence-corrected chi connectivity index (χ3v) is 3.56. The molecule has 1 N–H and O–H groups in total. The molecule has 1 aliphatic rings. The molecule has 96 valence electrons. The Kier molecular flexibility index (Phi) is 4.18. The fourth-order valence-corrected chi connectivity index (χ4v) is 2.39. The molecule has 0 amide bonds. The van der Waals surface area contributed by atoms with E-state index in [1.54, 1.807) is 0 Å². The fourth-order valence-electron chi connectivity index (χ4n) is 2.39. The summed E-state index contributed by atoms with van der Waals surface area (Å²) in [5.74, 6) is 1.62. The van der Waals surface area contributed by atoms with E-state index in [0.29, 0.717) is 12.0 Å². The van der Waals surface area contributed by atoms with Crippen LogP contribution in [0.1, 0.15) is 24.9 Å². The van der Waals surface area contributed by atoms with E-state index in [0.717, 1.165) is 24.4 Å². The van der Waals surface area contributed by atoms with Gasteiger partial charge in [0, 0.05) is 25.4 Å². The van der Waals surface area contributed by atoms with Crippen molar-refractivity contribution in [2.75, 3.05) is 27.2 Å². The zero-order chi connectivity index (χ0) is 12.3. The molecular formula is C13H23N3O. The molecule has 1 saturated heterocycles. The Morgan fingerprint density at radius 2 is 2.47 bits per heavy atom. The number of hydrogen-bond acceptors (Lipinski definition) is 4. The van der Waals surface area contributed by atoms with Crippen molar-refractivity contribution in [1.82, 2.24) is 15.2 Å². The van der Waals surface area contributed by atoms with Gasteiger partial charge in [-0.15, -0.1) is 0 Å². The van der Waals surface area contributed by atoms with Crippen LogP contribution in [0.3, 0.4) is 0 Å². The van der Waals surface area contributed by atoms with E-state index in [4.69, 9.17) is 4.42 Å². The first-order valence-corrected chi connectivity index (χ1v) is 6.46. The van der Waals surface area contributed by atoms with Crippen molar-refractivity contribution in [2.24, 2.45) is 5.92 Å². The highest BCUT2D eigenvalue weighted by Crippen LogP contribution is 2.19. The summed E-state index contributed by atoms with van der Waals surface area (Å²) in [7, 11) is 4.15. The number of aromatic nitrogens is 1. The number of rotatable bonds is 5. The molecule has 2 atom stereocenters. The first-order chi connectivity index (χ1) is 8.17. The van der Waals surface area contributed by atoms with E-state index < -0.39 is 0 Å². The van der Waals surface area contributed by atoms with Gasteiger partial charge in [-0.25, -0.2) is 4.98 Å². The van der Waals surface area contributed by atoms with Gasteiger partial charge in [-0.2, -0.15) is 0 Å². The van der Waals surface area contributed by atoms with E-state index in [9.17, 15) is 0 Å². The van der Waals surface area contributed by atoms with E-state index in [1.165, 1.54) is 19.5 Å². The number of likely N-dealkylation sites (N-methyl/N-ethyl adjacent to an activating group) is 1. The molecule has 1 fully saturated rings. The monoisotopic (exact) mass is 237 g/mol. The minimum Gasteiger partial charge on any atom is -0.449 e. The molecule has 1 aromatic rings. The Hall–Kier alpha value is -0.870. The van der Waals surface area contributed by atoms with Crippen LogP contribution in [0.25, 0.3) is 0 Å². The zero-order valence-electron chi connectivity index (χ0n) is 11.1. The summed E-state index contributed by atoms with van der Waals surface area (Å²) in [5.41, 5.74) is 1.06. The molecule has 0 aromatic carbocycles. The van der Waals surface area contributed by atoms with E-state index in [2.05, 4.69) is 29.2 Å². The zero-order valence-corrected chi connectivity index (χ0v) is 11.1. The summed E-state index contributed by atoms with van der Waals surface area (Å²) in [6, 6.07) is 0.450. The average molecular weight is 237 g/mol. The van der Waals surface area contributed by atoms with Gasteiger partial charge in [-0.3, -0.25) is 0 Å². The van der Waals surface area contributed by atoms with Crippen molar-refractivity contribution in [2.45, 2.75) is 32.2 Å². The Balaban J connectivity index is 1.85. The molecule has 17 heavy (non-hydrogen) atoms. The highest BCUT2D eigenvalue weighted by atomic mass is 16.3. The Morgan fingerprint density at radius 1 is 1.65 bits per heavy atom. The van der Waals surface area contributed by atoms with Crippen LogP contribution in [0, 0.1) is 5.92 Å². The second kappa shape index (κ2) is 5.65. The van der Waals surface area contributed by atoms with Crippen molar-refractivity contribution in [3.8, 4) is 0 Å². The predicted molar refractivity (Wildman–Crippen MR) is 68.0 cm³/mol. The third kappa shape index (κ3) is 3.54. The van der Waals surface area contributed by atoms with Crippen molar-refractivity contribution < 1.29 is 4.42 Å². The van der Waals surface area contributed by atoms with Crippen LogP contribution >= 0.6 is 0 Å². The molecule has 0 saturated carbocycles. The lowest BCUT2D eigenvalue weighted by molar-refractivity contribution is 0.379. The summed E-state index contributed by atoms with van der Waals surface area (Å²) in [5, 5.41) is 3.21. The lowest BCUT2D eigenvalue weighted by atomic mass is 10.1. The van der Waals surface area contributed by atoms with E-state index in [-0.39, 0.29) is 0 Å². The Bertz CT molecular complexity index is 350. The average Bonchev–Trinajstić information content (AvgIpc) is 2.89. The van der Waals surface area contributed by atoms with Gasteiger partial charge < -0.3 is 14.6 Å². The largest absolute Gasteiger partial charge is 0.449 e. The Morgan fingerprint density at radius 3 is 3.12 bits per heavy atom. The van der Waals surface area contributed by atoms with Gasteiger partial charge in [0.05, 0.1) is 5.69 Å². The smallest absolute Gasteiger partial charge is 0.194 e. The van der Waals surface area contributed by atoms with Gasteiger partial charge in [-0.05, 0) is 39.9 Å². The number of nitrogens with one attached hydrogen (secondary N) is 1. The van der Waals surface area contributed by atoms with E-state index in [1.807, 2.05) is 13.3 Å². The lowest BCUT2D eigenvalue weighted by Crippen LogP contribution is -2.23. The maximum atomic E-state index is 5.55. The predicted octanol–water partition coefficient (Wildman–Crippen LogP) is 1.32. The molecule has 1 aliphatic heterocycles. The second-order valence-corrected chi connectivity index (χ2v) is 5.25. The molecule has 2 rings (SSSR count). The normalized spacial score (nSPS) is 23.1. The van der Waals surface area contributed by atoms with Crippen molar-refractivity contribution in [3.05, 3.63) is 17.8 Å². The maximum absolute atomic E-state index is 5.55. The topological polar surface area (TPSA) is 41.3 Å². The number of nitrogens with zero attached hydrogens (tertiary/aromatic N) is 2. The highest BCUT2D eigenvalue weighted by molar-refractivity contribution is 5.00. The molecule has 2 heterocycles. The first kappa shape index (κ1) is 12.6. The van der Waals surface area contributed by atoms with Crippen LogP contribution < -0.4 is 5.32 Å². The third-order valence-electron chi connectivity index (χ3n) is 3.56. The van der Waals surface area contributed by atoms with Crippen LogP contribution in [0.2, 0.25) is 0 Å². The molecule has 0 radical (unpaired) electrons. The van der Waals surface area contributed by atoms with Crippen molar-refractivity contribution >= 4 is 0 Å². The van der Waals surface area contributed by atoms with Crippen LogP contribution in [-0.2, 0) is 12.8 Å². The quantitative estimate of drug-likeness (QED) is 0.838. The molecule has 0 bridgehead atoms. The molecule has 0 aliphatic carbocycles. The van der Waals surface area contributed by atoms with Gasteiger partial charge in [-0.1, -0.05) is 0 Å². The van der Waals surface area contributed by atoms with Crippen molar-refractivity contribution in [3.63, 3.8) is 0 Å². The fraction of sp³-hybridized carbons (Fsp3) is 0.769. The molecule has 0 spiro atoms. The van der Waals surface area contributed by atoms with Crippen LogP contribution in [0.5, 0.6) is 0 Å². The maximum Gasteiger partial charge on any atom is 0.194 e. The van der Waals surface area contributed by atoms with Crippen LogP contribution in [0.4, 0.5) is 0 Å². The summed E-state index contributed by atoms with van der Waals surface area (Å²) in [4.78, 5) is 6.93. The summed E-state index contributed by atoms with van der Waals surface area (Å²) in [6.07, 6.45) is 4.99. The van der Waals surface area contributed by atoms with Gasteiger partial charge >= 0.3 is 0 Å². The number of hydrogen-bond donors (Lipinski definition) is 1. The van der Waals surface area contributed by atoms with Gasteiger partial charge in [0.2, 0.25) is 0 Å². The molecule has 4 heteroatoms. The molecule has 4 nitrogen and oxygen atoms in total. The van der Waals surface area contributed by atoms with Crippen LogP contribution in [0.15, 0.2) is 10.7 Å². The number of oxazole rings is 1. The summed E-state index contributed by atoms with van der Waals surface area (Å²) in [6.45, 7) is 4.53. The van der Waals surface area contributed by atoms with Crippen molar-refractivity contribution in [1.29, 1.82) is 0 Å². The van der Waals surface area contributed by atoms with Gasteiger partial charge in [0.1, 0.15) is 6.26 Å². The van der Waals surface area contributed by atoms with Gasteiger partial charge in [0.15, 0.2) is 5.89 Å². The molecule has 2 unspecified atom stereocenters. The van der Waals surface area contributed by atoms with Crippen LogP contribution in [-0.4, -0.2) is 43.1 Å². The Labute approximate surface area is 103 Å². The summed E-state index contributed by atoms with van der Waals surface area (Å²) >= 11 is 0. The first-order valence-electron chi connectivity index (χ1n) is 6.46. The SMILES string of the molecule is CNC(C)Cc1coc(CC2CCN(C)C2)n1. The highest BCUT2D eigenvalue weighted by Gasteiger charge is 2.21. The minimum atomic E-state index is 0.450. The van der Waals surface area contributed by atoms with Gasteiger partial charge in [0.25, 0.3) is 0 Å². The number of likely N-dealkylation sites (tertiary alicyclic amines) is 1. The minimum absolute atomic E-state index is 0.450. The summed E-state index contributed by atoms with van der Waals surface area (Å²) < 4.78 is 5.55. The molecule has 1 aromatic heterocycles. The lowest BCUT2D eigenvalue weighted by Gasteiger charge is -2.07. The van der Waals surface area contributed by atoms with E-state index >= 15 is 0 Å². The second-order valence-electron chi connectivity index (χ2n) is 5.25. The standard InChI is InChI=1S/C13H23N3O/c1-10(14-2)6-12-9-17-13(15-12)7-11-4-5-16(3)8-11/h9-11,14H,4-8H2,1-3H3. The molecular weight excluding hydrogens is 214 g/mol.